The van der Waals surface area contributed by atoms with E-state index in [0.717, 1.165) is 17.8 Å². The van der Waals surface area contributed by atoms with Crippen LogP contribution in [0.2, 0.25) is 0 Å². The second-order valence-corrected chi connectivity index (χ2v) is 7.18. The molecule has 20 heavy (non-hydrogen) atoms. The Morgan fingerprint density at radius 3 is 2.45 bits per heavy atom. The largest absolute Gasteiger partial charge is 0.307 e. The summed E-state index contributed by atoms with van der Waals surface area (Å²) in [4.78, 5) is 0. The number of hydrogen-bond acceptors (Lipinski definition) is 1. The average Bonchev–Trinajstić information content (AvgIpc) is 2.38. The maximum absolute atomic E-state index is 3.94. The molecule has 0 aliphatic heterocycles. The molecule has 1 fully saturated rings. The zero-order valence-electron chi connectivity index (χ0n) is 13.8. The van der Waals surface area contributed by atoms with E-state index in [1.165, 1.54) is 30.4 Å². The number of nitrogens with one attached hydrogen (secondary N) is 1. The van der Waals surface area contributed by atoms with E-state index in [4.69, 9.17) is 0 Å². The lowest BCUT2D eigenvalue weighted by atomic mass is 9.73. The molecule has 1 aromatic carbocycles. The predicted molar refractivity (Wildman–Crippen MR) is 87.9 cm³/mol. The zero-order chi connectivity index (χ0) is 14.7. The fraction of sp³-hybridized carbons (Fsp3) is 0.684. The molecule has 112 valence electrons. The third-order valence-electron chi connectivity index (χ3n) is 5.14. The number of benzene rings is 1. The minimum atomic E-state index is 0.452. The van der Waals surface area contributed by atoms with Crippen molar-refractivity contribution in [3.8, 4) is 0 Å². The molecule has 0 amide bonds. The van der Waals surface area contributed by atoms with Gasteiger partial charge >= 0.3 is 0 Å². The molecule has 1 nitrogen and oxygen atoms in total. The molecule has 1 aliphatic rings. The van der Waals surface area contributed by atoms with Crippen LogP contribution < -0.4 is 5.32 Å². The first-order valence-corrected chi connectivity index (χ1v) is 8.30. The van der Waals surface area contributed by atoms with Crippen LogP contribution in [0.4, 0.5) is 0 Å². The van der Waals surface area contributed by atoms with E-state index in [1.54, 1.807) is 0 Å². The van der Waals surface area contributed by atoms with Gasteiger partial charge in [0.1, 0.15) is 0 Å². The standard InChI is InChI=1S/C19H31N/c1-13(2)17-11-10-14(3)12-19(17)20-16(5)18-9-7-6-8-15(18)4/h6-9,13-14,16-17,19-20H,10-12H2,1-5H3. The van der Waals surface area contributed by atoms with E-state index in [0.29, 0.717) is 12.1 Å². The van der Waals surface area contributed by atoms with E-state index in [1.807, 2.05) is 0 Å². The maximum Gasteiger partial charge on any atom is 0.0297 e. The van der Waals surface area contributed by atoms with Crippen LogP contribution in [0.3, 0.4) is 0 Å². The molecule has 0 radical (unpaired) electrons. The molecule has 4 unspecified atom stereocenters. The summed E-state index contributed by atoms with van der Waals surface area (Å²) in [7, 11) is 0. The van der Waals surface area contributed by atoms with E-state index in [-0.39, 0.29) is 0 Å². The van der Waals surface area contributed by atoms with Crippen molar-refractivity contribution in [1.82, 2.24) is 5.32 Å². The van der Waals surface area contributed by atoms with Crippen LogP contribution in [0.1, 0.15) is 64.1 Å². The molecular formula is C19H31N. The molecule has 1 aromatic rings. The lowest BCUT2D eigenvalue weighted by Crippen LogP contribution is -2.43. The Bertz CT molecular complexity index is 424. The van der Waals surface area contributed by atoms with Crippen molar-refractivity contribution in [3.63, 3.8) is 0 Å². The Hall–Kier alpha value is -0.820. The third kappa shape index (κ3) is 3.63. The van der Waals surface area contributed by atoms with Crippen LogP contribution >= 0.6 is 0 Å². The molecule has 0 saturated heterocycles. The predicted octanol–water partition coefficient (Wildman–Crippen LogP) is 5.11. The molecule has 1 saturated carbocycles. The molecule has 0 aromatic heterocycles. The molecule has 0 spiro atoms. The molecule has 1 N–H and O–H groups in total. The smallest absolute Gasteiger partial charge is 0.0297 e. The maximum atomic E-state index is 3.94. The van der Waals surface area contributed by atoms with Gasteiger partial charge in [-0.2, -0.15) is 0 Å². The Labute approximate surface area is 125 Å². The summed E-state index contributed by atoms with van der Waals surface area (Å²) in [6.45, 7) is 11.7. The highest BCUT2D eigenvalue weighted by atomic mass is 15.0. The van der Waals surface area contributed by atoms with Crippen molar-refractivity contribution in [3.05, 3.63) is 35.4 Å². The van der Waals surface area contributed by atoms with Crippen LogP contribution in [-0.2, 0) is 0 Å². The lowest BCUT2D eigenvalue weighted by molar-refractivity contribution is 0.161. The first kappa shape index (κ1) is 15.6. The van der Waals surface area contributed by atoms with E-state index >= 15 is 0 Å². The van der Waals surface area contributed by atoms with Crippen LogP contribution in [-0.4, -0.2) is 6.04 Å². The van der Waals surface area contributed by atoms with Gasteiger partial charge in [0.15, 0.2) is 0 Å². The number of hydrogen-bond donors (Lipinski definition) is 1. The van der Waals surface area contributed by atoms with Gasteiger partial charge in [0.25, 0.3) is 0 Å². The monoisotopic (exact) mass is 273 g/mol. The Balaban J connectivity index is 2.08. The molecule has 1 heteroatoms. The summed E-state index contributed by atoms with van der Waals surface area (Å²) < 4.78 is 0. The Morgan fingerprint density at radius 1 is 1.10 bits per heavy atom. The van der Waals surface area contributed by atoms with Crippen molar-refractivity contribution in [1.29, 1.82) is 0 Å². The fourth-order valence-corrected chi connectivity index (χ4v) is 3.88. The van der Waals surface area contributed by atoms with Gasteiger partial charge in [0.2, 0.25) is 0 Å². The van der Waals surface area contributed by atoms with Crippen molar-refractivity contribution < 1.29 is 0 Å². The van der Waals surface area contributed by atoms with Crippen LogP contribution in [0.5, 0.6) is 0 Å². The summed E-state index contributed by atoms with van der Waals surface area (Å²) in [6, 6.07) is 9.90. The van der Waals surface area contributed by atoms with Crippen molar-refractivity contribution in [2.75, 3.05) is 0 Å². The first-order valence-electron chi connectivity index (χ1n) is 8.30. The summed E-state index contributed by atoms with van der Waals surface area (Å²) in [6.07, 6.45) is 4.12. The summed E-state index contributed by atoms with van der Waals surface area (Å²) in [5.41, 5.74) is 2.85. The third-order valence-corrected chi connectivity index (χ3v) is 5.14. The van der Waals surface area contributed by atoms with Crippen LogP contribution in [0.25, 0.3) is 0 Å². The summed E-state index contributed by atoms with van der Waals surface area (Å²) >= 11 is 0. The van der Waals surface area contributed by atoms with Gasteiger partial charge in [-0.1, -0.05) is 51.5 Å². The molecular weight excluding hydrogens is 242 g/mol. The number of rotatable bonds is 4. The number of aryl methyl sites for hydroxylation is 1. The average molecular weight is 273 g/mol. The topological polar surface area (TPSA) is 12.0 Å². The van der Waals surface area contributed by atoms with Crippen LogP contribution in [0.15, 0.2) is 24.3 Å². The molecule has 0 bridgehead atoms. The van der Waals surface area contributed by atoms with Crippen molar-refractivity contribution in [2.24, 2.45) is 17.8 Å². The highest BCUT2D eigenvalue weighted by Crippen LogP contribution is 2.34. The fourth-order valence-electron chi connectivity index (χ4n) is 3.88. The second kappa shape index (κ2) is 6.76. The highest BCUT2D eigenvalue weighted by Gasteiger charge is 2.31. The summed E-state index contributed by atoms with van der Waals surface area (Å²) in [5.74, 6) is 2.48. The van der Waals surface area contributed by atoms with Gasteiger partial charge in [-0.15, -0.1) is 0 Å². The van der Waals surface area contributed by atoms with E-state index in [2.05, 4.69) is 64.2 Å². The van der Waals surface area contributed by atoms with Gasteiger partial charge in [-0.05, 0) is 55.6 Å². The van der Waals surface area contributed by atoms with Crippen LogP contribution in [0, 0.1) is 24.7 Å². The van der Waals surface area contributed by atoms with Crippen molar-refractivity contribution in [2.45, 2.75) is 66.0 Å². The highest BCUT2D eigenvalue weighted by molar-refractivity contribution is 5.28. The minimum Gasteiger partial charge on any atom is -0.307 e. The molecule has 0 heterocycles. The van der Waals surface area contributed by atoms with Crippen molar-refractivity contribution >= 4 is 0 Å². The summed E-state index contributed by atoms with van der Waals surface area (Å²) in [5, 5.41) is 3.94. The zero-order valence-corrected chi connectivity index (χ0v) is 13.8. The SMILES string of the molecule is Cc1ccccc1C(C)NC1CC(C)CCC1C(C)C. The minimum absolute atomic E-state index is 0.452. The normalized spacial score (nSPS) is 28.6. The Morgan fingerprint density at radius 2 is 1.80 bits per heavy atom. The Kier molecular flexibility index (Phi) is 5.26. The molecule has 1 aliphatic carbocycles. The van der Waals surface area contributed by atoms with Gasteiger partial charge in [0, 0.05) is 12.1 Å². The van der Waals surface area contributed by atoms with Gasteiger partial charge in [-0.3, -0.25) is 0 Å². The molecule has 2 rings (SSSR count). The van der Waals surface area contributed by atoms with E-state index in [9.17, 15) is 0 Å². The second-order valence-electron chi connectivity index (χ2n) is 7.18. The van der Waals surface area contributed by atoms with Gasteiger partial charge in [-0.25, -0.2) is 0 Å². The van der Waals surface area contributed by atoms with E-state index < -0.39 is 0 Å². The lowest BCUT2D eigenvalue weighted by Gasteiger charge is -2.39. The molecule has 4 atom stereocenters. The van der Waals surface area contributed by atoms with Gasteiger partial charge < -0.3 is 5.32 Å². The quantitative estimate of drug-likeness (QED) is 0.804. The first-order chi connectivity index (χ1) is 9.49. The van der Waals surface area contributed by atoms with Gasteiger partial charge in [0.05, 0.1) is 0 Å².